The molecule has 1 heterocycles. The van der Waals surface area contributed by atoms with Crippen LogP contribution in [0, 0.1) is 5.92 Å². The molecule has 0 saturated carbocycles. The van der Waals surface area contributed by atoms with Gasteiger partial charge in [-0.05, 0) is 95.9 Å². The number of hydrogen-bond donors (Lipinski definition) is 6. The zero-order valence-corrected chi connectivity index (χ0v) is 27.3. The van der Waals surface area contributed by atoms with Gasteiger partial charge < -0.3 is 42.5 Å². The lowest BCUT2D eigenvalue weighted by Crippen LogP contribution is -2.28. The normalized spacial score (nSPS) is 17.5. The van der Waals surface area contributed by atoms with Crippen LogP contribution in [0.5, 0.6) is 0 Å². The summed E-state index contributed by atoms with van der Waals surface area (Å²) in [5.74, 6) is -0.0404. The van der Waals surface area contributed by atoms with E-state index in [1.54, 1.807) is 6.20 Å². The molecule has 254 valence electrons. The Bertz CT molecular complexity index is 1500. The molecule has 4 rings (SSSR count). The van der Waals surface area contributed by atoms with Gasteiger partial charge in [-0.3, -0.25) is 0 Å². The number of rotatable bonds is 20. The predicted molar refractivity (Wildman–Crippen MR) is 189 cm³/mol. The van der Waals surface area contributed by atoms with E-state index in [4.69, 9.17) is 27.6 Å². The molecule has 0 amide bonds. The minimum atomic E-state index is -1.06. The number of nitrogens with one attached hydrogen (secondary N) is 1. The highest BCUT2D eigenvalue weighted by Crippen LogP contribution is 2.45. The highest BCUT2D eigenvalue weighted by molar-refractivity contribution is 5.86. The lowest BCUT2D eigenvalue weighted by Gasteiger charge is -2.39. The number of aliphatic hydroxyl groups is 1. The van der Waals surface area contributed by atoms with E-state index < -0.39 is 12.0 Å². The molecule has 0 radical (unpaired) electrons. The zero-order chi connectivity index (χ0) is 33.6. The highest BCUT2D eigenvalue weighted by Gasteiger charge is 2.32. The monoisotopic (exact) mass is 643 g/mol. The van der Waals surface area contributed by atoms with Gasteiger partial charge in [-0.25, -0.2) is 9.79 Å². The fourth-order valence-electron chi connectivity index (χ4n) is 7.01. The van der Waals surface area contributed by atoms with Gasteiger partial charge in [0.15, 0.2) is 5.96 Å². The number of fused-ring (bicyclic) bond motifs is 2. The van der Waals surface area contributed by atoms with Crippen LogP contribution in [0.4, 0.5) is 5.82 Å². The number of aryl methyl sites for hydroxylation is 1. The first-order chi connectivity index (χ1) is 22.8. The van der Waals surface area contributed by atoms with Gasteiger partial charge in [0, 0.05) is 25.1 Å². The molecular weight excluding hydrogens is 592 g/mol. The number of aliphatic imine (C=N–C) groups is 1. The summed E-state index contributed by atoms with van der Waals surface area (Å²) in [4.78, 5) is 30.5. The average molecular weight is 644 g/mol. The molecule has 1 aliphatic rings. The van der Waals surface area contributed by atoms with E-state index in [2.05, 4.69) is 34.2 Å². The van der Waals surface area contributed by atoms with Crippen LogP contribution in [0.3, 0.4) is 0 Å². The van der Waals surface area contributed by atoms with Gasteiger partial charge in [0.1, 0.15) is 6.29 Å². The van der Waals surface area contributed by atoms with Crippen molar-refractivity contribution in [3.63, 3.8) is 0 Å². The van der Waals surface area contributed by atoms with Crippen molar-refractivity contribution >= 4 is 34.8 Å². The third kappa shape index (κ3) is 11.0. The number of H-pyrrole nitrogens is 1. The van der Waals surface area contributed by atoms with Gasteiger partial charge >= 0.3 is 5.97 Å². The highest BCUT2D eigenvalue weighted by atomic mass is 16.4. The van der Waals surface area contributed by atoms with Crippen LogP contribution in [0.1, 0.15) is 86.8 Å². The predicted octanol–water partition coefficient (Wildman–Crippen LogP) is 5.74. The molecule has 1 aliphatic carbocycles. The van der Waals surface area contributed by atoms with Crippen molar-refractivity contribution in [3.05, 3.63) is 82.3 Å². The van der Waals surface area contributed by atoms with Crippen LogP contribution >= 0.6 is 0 Å². The molecule has 10 heteroatoms. The van der Waals surface area contributed by atoms with Gasteiger partial charge in [-0.2, -0.15) is 0 Å². The molecule has 4 atom stereocenters. The molecule has 1 aromatic heterocycles. The molecule has 0 spiro atoms. The second-order valence-corrected chi connectivity index (χ2v) is 12.9. The van der Waals surface area contributed by atoms with Crippen molar-refractivity contribution < 1.29 is 19.8 Å². The van der Waals surface area contributed by atoms with Crippen molar-refractivity contribution in [1.82, 2.24) is 4.98 Å². The number of aromatic nitrogens is 1. The second kappa shape index (κ2) is 18.3. The lowest BCUT2D eigenvalue weighted by molar-refractivity contribution is -0.131. The van der Waals surface area contributed by atoms with Crippen molar-refractivity contribution in [1.29, 1.82) is 0 Å². The van der Waals surface area contributed by atoms with Gasteiger partial charge in [0.05, 0.1) is 6.54 Å². The first kappa shape index (κ1) is 35.7. The number of aromatic amines is 1. The van der Waals surface area contributed by atoms with E-state index in [1.807, 2.05) is 18.2 Å². The van der Waals surface area contributed by atoms with Crippen LogP contribution in [0.25, 0.3) is 16.1 Å². The average Bonchev–Trinajstić information content (AvgIpc) is 3.56. The number of guanidine groups is 1. The minimum absolute atomic E-state index is 0.0504. The smallest absolute Gasteiger partial charge is 0.328 e. The Morgan fingerprint density at radius 2 is 1.87 bits per heavy atom. The summed E-state index contributed by atoms with van der Waals surface area (Å²) in [6.45, 7) is 0.291. The number of aliphatic carboxylic acids is 1. The molecule has 3 aromatic rings. The van der Waals surface area contributed by atoms with E-state index in [0.29, 0.717) is 24.2 Å². The van der Waals surface area contributed by atoms with Crippen LogP contribution in [0.2, 0.25) is 0 Å². The molecule has 2 aromatic carbocycles. The molecule has 47 heavy (non-hydrogen) atoms. The van der Waals surface area contributed by atoms with E-state index >= 15 is 0 Å². The van der Waals surface area contributed by atoms with Crippen molar-refractivity contribution in [2.75, 3.05) is 13.2 Å². The van der Waals surface area contributed by atoms with Crippen LogP contribution in [-0.2, 0) is 22.4 Å². The molecular formula is C37H51N6O4-. The van der Waals surface area contributed by atoms with Crippen LogP contribution in [0.15, 0.2) is 65.3 Å². The molecule has 0 aliphatic heterocycles. The van der Waals surface area contributed by atoms with E-state index in [1.165, 1.54) is 22.6 Å². The summed E-state index contributed by atoms with van der Waals surface area (Å²) in [5, 5.41) is 26.1. The van der Waals surface area contributed by atoms with Crippen molar-refractivity contribution in [2.24, 2.45) is 28.1 Å². The van der Waals surface area contributed by atoms with E-state index in [0.717, 1.165) is 81.4 Å². The number of aliphatic hydroxyl groups excluding tert-OH is 1. The Morgan fingerprint density at radius 1 is 1.06 bits per heavy atom. The quantitative estimate of drug-likeness (QED) is 0.0297. The number of carboxylic acid groups (broad SMARTS) is 1. The minimum Gasteiger partial charge on any atom is -0.478 e. The molecule has 0 unspecified atom stereocenters. The number of carbonyl (C=O) groups is 2. The summed E-state index contributed by atoms with van der Waals surface area (Å²) in [6.07, 6.45) is 14.7. The Labute approximate surface area is 277 Å². The first-order valence-electron chi connectivity index (χ1n) is 17.0. The zero-order valence-electron chi connectivity index (χ0n) is 27.3. The number of carbonyl (C=O) groups excluding carboxylic acids is 1. The summed E-state index contributed by atoms with van der Waals surface area (Å²) in [5.41, 5.74) is 22.1. The Hall–Kier alpha value is -4.15. The van der Waals surface area contributed by atoms with Gasteiger partial charge in [0.25, 0.3) is 0 Å². The third-order valence-electron chi connectivity index (χ3n) is 9.39. The summed E-state index contributed by atoms with van der Waals surface area (Å²) < 4.78 is 0. The SMILES string of the molecule is NC(N)=NC/C(=C\C(=O)O)[C@@H](C[C@@H]1CCc2cc3ccc(CC=O)cc3cc2[C@@H]1CCC[C@H](N)CCCCCCO)[N-]c1ccc[nH]1. The van der Waals surface area contributed by atoms with Gasteiger partial charge in [-0.1, -0.05) is 80.2 Å². The van der Waals surface area contributed by atoms with Crippen molar-refractivity contribution in [2.45, 2.75) is 95.1 Å². The number of hydrogen-bond acceptors (Lipinski definition) is 5. The number of carboxylic acids is 1. The number of unbranched alkanes of at least 4 members (excludes halogenated alkanes) is 3. The fraction of sp³-hybridized carbons (Fsp3) is 0.486. The Kier molecular flexibility index (Phi) is 13.9. The molecule has 0 bridgehead atoms. The fourth-order valence-corrected chi connectivity index (χ4v) is 7.01. The molecule has 0 fully saturated rings. The number of aldehydes is 1. The Morgan fingerprint density at radius 3 is 2.60 bits per heavy atom. The van der Waals surface area contributed by atoms with Crippen LogP contribution < -0.4 is 17.2 Å². The lowest BCUT2D eigenvalue weighted by atomic mass is 9.69. The summed E-state index contributed by atoms with van der Waals surface area (Å²) in [7, 11) is 0. The number of benzene rings is 2. The molecule has 9 N–H and O–H groups in total. The standard InChI is InChI=1S/C37H51N6O4/c38-31(7-3-1-2-4-17-44)8-5-9-32-28(14-13-27-20-26-12-11-25(15-18-45)19-29(26)21-33(27)32)22-34(43-35-10-6-16-41-35)30(23-36(46)47)24-42-37(39)40/h6,10-12,16,18-21,23,28,31-32,34,41,44H,1-5,7-9,13-15,17,22,24,38H2,(H,46,47)(H4,39,40,42)/q-1/b30-23+/t28-,31+,32+,34+/m0/s1. The number of nitrogens with zero attached hydrogens (tertiary/aromatic N) is 2. The first-order valence-corrected chi connectivity index (χ1v) is 17.0. The van der Waals surface area contributed by atoms with E-state index in [-0.39, 0.29) is 37.0 Å². The number of nitrogens with two attached hydrogens (primary N) is 3. The van der Waals surface area contributed by atoms with Crippen molar-refractivity contribution in [3.8, 4) is 0 Å². The summed E-state index contributed by atoms with van der Waals surface area (Å²) in [6, 6.07) is 14.3. The Balaban J connectivity index is 1.63. The maximum atomic E-state index is 11.9. The summed E-state index contributed by atoms with van der Waals surface area (Å²) >= 11 is 0. The topological polar surface area (TPSA) is 195 Å². The van der Waals surface area contributed by atoms with E-state index in [9.17, 15) is 14.7 Å². The van der Waals surface area contributed by atoms with Crippen LogP contribution in [-0.4, -0.2) is 58.6 Å². The van der Waals surface area contributed by atoms with Gasteiger partial charge in [-0.15, -0.1) is 0 Å². The van der Waals surface area contributed by atoms with Gasteiger partial charge in [0.2, 0.25) is 0 Å². The second-order valence-electron chi connectivity index (χ2n) is 12.9. The third-order valence-corrected chi connectivity index (χ3v) is 9.39. The maximum absolute atomic E-state index is 11.9. The maximum Gasteiger partial charge on any atom is 0.328 e. The molecule has 10 nitrogen and oxygen atoms in total. The largest absolute Gasteiger partial charge is 0.478 e. The molecule has 0 saturated heterocycles.